The van der Waals surface area contributed by atoms with E-state index in [-0.39, 0.29) is 53.7 Å². The van der Waals surface area contributed by atoms with Crippen molar-refractivity contribution >= 4 is 24.2 Å². The maximum atomic E-state index is 13.6. The van der Waals surface area contributed by atoms with Gasteiger partial charge in [-0.2, -0.15) is 18.3 Å². The number of alkyl halides is 3. The van der Waals surface area contributed by atoms with E-state index >= 15 is 0 Å². The second-order valence-corrected chi connectivity index (χ2v) is 11.6. The van der Waals surface area contributed by atoms with Gasteiger partial charge >= 0.3 is 6.18 Å². The molecular weight excluding hydrogens is 531 g/mol. The molecule has 0 unspecified atom stereocenters. The zero-order valence-electron chi connectivity index (χ0n) is 21.8. The number of carbonyl (C=O) groups is 2. The number of rotatable bonds is 7. The number of nitrogens with zero attached hydrogens (tertiary/aromatic N) is 4. The third-order valence-corrected chi connectivity index (χ3v) is 9.02. The maximum Gasteiger partial charge on any atom is 0.416 e. The van der Waals surface area contributed by atoms with Crippen LogP contribution in [0.15, 0.2) is 30.5 Å². The van der Waals surface area contributed by atoms with Crippen LogP contribution in [-0.4, -0.2) is 64.1 Å². The van der Waals surface area contributed by atoms with E-state index < -0.39 is 11.7 Å². The first kappa shape index (κ1) is 28.0. The summed E-state index contributed by atoms with van der Waals surface area (Å²) in [6, 6.07) is 5.90. The summed E-state index contributed by atoms with van der Waals surface area (Å²) < 4.78 is 42.8. The van der Waals surface area contributed by atoms with E-state index in [1.54, 1.807) is 17.2 Å². The molecule has 2 amide bonds. The molecule has 39 heavy (non-hydrogen) atoms. The number of piperidine rings is 1. The number of aromatic nitrogens is 2. The summed E-state index contributed by atoms with van der Waals surface area (Å²) in [5, 5.41) is 4.69. The summed E-state index contributed by atoms with van der Waals surface area (Å²) in [4.78, 5) is 29.5. The Labute approximate surface area is 232 Å². The van der Waals surface area contributed by atoms with Crippen molar-refractivity contribution in [2.75, 3.05) is 32.7 Å². The van der Waals surface area contributed by atoms with Gasteiger partial charge in [-0.05, 0) is 56.6 Å². The van der Waals surface area contributed by atoms with Crippen molar-refractivity contribution in [2.24, 2.45) is 11.1 Å². The van der Waals surface area contributed by atoms with Crippen molar-refractivity contribution in [3.63, 3.8) is 0 Å². The molecular formula is C28H35ClF3N5O2. The molecule has 0 radical (unpaired) electrons. The van der Waals surface area contributed by atoms with Crippen molar-refractivity contribution in [3.8, 4) is 0 Å². The normalized spacial score (nSPS) is 23.5. The topological polar surface area (TPSA) is 84.5 Å². The molecule has 2 aromatic rings. The van der Waals surface area contributed by atoms with E-state index in [1.165, 1.54) is 12.1 Å². The van der Waals surface area contributed by atoms with E-state index in [9.17, 15) is 22.8 Å². The SMILES string of the molecule is Cl.NC(=O)C1(CN2CCC(n3ncc(C(=O)N4CC[C@@H](c5ccccc5C(F)(F)F)C4)c3C3CC3)CC2)CC1. The Hall–Kier alpha value is -2.59. The average Bonchev–Trinajstić information content (AvgIpc) is 3.80. The highest BCUT2D eigenvalue weighted by Gasteiger charge is 2.50. The predicted molar refractivity (Wildman–Crippen MR) is 142 cm³/mol. The van der Waals surface area contributed by atoms with Gasteiger partial charge in [-0.25, -0.2) is 0 Å². The van der Waals surface area contributed by atoms with Crippen LogP contribution in [0.3, 0.4) is 0 Å². The molecule has 2 aliphatic carbocycles. The molecule has 7 nitrogen and oxygen atoms in total. The highest BCUT2D eigenvalue weighted by atomic mass is 35.5. The summed E-state index contributed by atoms with van der Waals surface area (Å²) in [5.41, 5.74) is 6.52. The van der Waals surface area contributed by atoms with Gasteiger partial charge in [-0.15, -0.1) is 12.4 Å². The highest BCUT2D eigenvalue weighted by molar-refractivity contribution is 5.95. The van der Waals surface area contributed by atoms with Crippen LogP contribution in [0.25, 0.3) is 0 Å². The molecule has 0 bridgehead atoms. The van der Waals surface area contributed by atoms with Crippen LogP contribution >= 0.6 is 12.4 Å². The lowest BCUT2D eigenvalue weighted by atomic mass is 9.93. The molecule has 212 valence electrons. The third kappa shape index (κ3) is 5.42. The average molecular weight is 566 g/mol. The van der Waals surface area contributed by atoms with Gasteiger partial charge in [0.1, 0.15) is 0 Å². The van der Waals surface area contributed by atoms with Crippen molar-refractivity contribution in [3.05, 3.63) is 52.8 Å². The Morgan fingerprint density at radius 1 is 1.00 bits per heavy atom. The van der Waals surface area contributed by atoms with Gasteiger partial charge in [0.15, 0.2) is 0 Å². The zero-order chi connectivity index (χ0) is 26.7. The summed E-state index contributed by atoms with van der Waals surface area (Å²) in [7, 11) is 0. The van der Waals surface area contributed by atoms with Gasteiger partial charge in [0.05, 0.1) is 34.5 Å². The molecule has 2 N–H and O–H groups in total. The first-order valence-corrected chi connectivity index (χ1v) is 13.7. The third-order valence-electron chi connectivity index (χ3n) is 9.02. The molecule has 1 atom stereocenters. The minimum absolute atomic E-state index is 0. The molecule has 4 aliphatic rings. The Morgan fingerprint density at radius 3 is 2.31 bits per heavy atom. The van der Waals surface area contributed by atoms with E-state index in [2.05, 4.69) is 14.7 Å². The van der Waals surface area contributed by atoms with Crippen LogP contribution < -0.4 is 5.73 Å². The number of carbonyl (C=O) groups excluding carboxylic acids is 2. The largest absolute Gasteiger partial charge is 0.416 e. The van der Waals surface area contributed by atoms with Gasteiger partial charge in [0, 0.05) is 44.6 Å². The first-order valence-electron chi connectivity index (χ1n) is 13.7. The minimum Gasteiger partial charge on any atom is -0.369 e. The fraction of sp³-hybridized carbons (Fsp3) is 0.607. The Morgan fingerprint density at radius 2 is 1.69 bits per heavy atom. The lowest BCUT2D eigenvalue weighted by Gasteiger charge is -2.34. The molecule has 2 saturated heterocycles. The molecule has 1 aromatic heterocycles. The molecule has 0 spiro atoms. The number of hydrogen-bond acceptors (Lipinski definition) is 4. The summed E-state index contributed by atoms with van der Waals surface area (Å²) >= 11 is 0. The number of hydrogen-bond donors (Lipinski definition) is 1. The van der Waals surface area contributed by atoms with E-state index in [1.807, 2.05) is 0 Å². The molecule has 3 heterocycles. The van der Waals surface area contributed by atoms with Gasteiger partial charge in [0.2, 0.25) is 5.91 Å². The maximum absolute atomic E-state index is 13.6. The van der Waals surface area contributed by atoms with Crippen molar-refractivity contribution in [2.45, 2.75) is 69.0 Å². The Balaban J connectivity index is 0.00000308. The van der Waals surface area contributed by atoms with Gasteiger partial charge in [-0.1, -0.05) is 18.2 Å². The number of likely N-dealkylation sites (tertiary alicyclic amines) is 2. The minimum atomic E-state index is -4.41. The number of halogens is 4. The monoisotopic (exact) mass is 565 g/mol. The summed E-state index contributed by atoms with van der Waals surface area (Å²) in [6.45, 7) is 3.16. The van der Waals surface area contributed by atoms with E-state index in [4.69, 9.17) is 5.73 Å². The van der Waals surface area contributed by atoms with E-state index in [0.29, 0.717) is 24.4 Å². The smallest absolute Gasteiger partial charge is 0.369 e. The quantitative estimate of drug-likeness (QED) is 0.526. The lowest BCUT2D eigenvalue weighted by Crippen LogP contribution is -2.42. The second kappa shape index (κ2) is 10.4. The molecule has 11 heteroatoms. The van der Waals surface area contributed by atoms with Crippen LogP contribution in [0.5, 0.6) is 0 Å². The fourth-order valence-electron chi connectivity index (χ4n) is 6.45. The number of benzene rings is 1. The molecule has 6 rings (SSSR count). The van der Waals surface area contributed by atoms with E-state index in [0.717, 1.165) is 69.9 Å². The predicted octanol–water partition coefficient (Wildman–Crippen LogP) is 4.73. The number of nitrogens with two attached hydrogens (primary N) is 1. The fourth-order valence-corrected chi connectivity index (χ4v) is 6.45. The molecule has 1 aromatic carbocycles. The Bertz CT molecular complexity index is 1230. The number of amides is 2. The van der Waals surface area contributed by atoms with Crippen LogP contribution in [0, 0.1) is 5.41 Å². The number of primary amides is 1. The van der Waals surface area contributed by atoms with Crippen LogP contribution in [-0.2, 0) is 11.0 Å². The molecule has 2 saturated carbocycles. The van der Waals surface area contributed by atoms with Gasteiger partial charge in [-0.3, -0.25) is 14.3 Å². The zero-order valence-corrected chi connectivity index (χ0v) is 22.6. The van der Waals surface area contributed by atoms with Crippen molar-refractivity contribution in [1.29, 1.82) is 0 Å². The second-order valence-electron chi connectivity index (χ2n) is 11.6. The van der Waals surface area contributed by atoms with Crippen LogP contribution in [0.2, 0.25) is 0 Å². The van der Waals surface area contributed by atoms with Crippen LogP contribution in [0.1, 0.15) is 90.0 Å². The summed E-state index contributed by atoms with van der Waals surface area (Å²) in [6.07, 6.45) is 3.34. The molecule has 4 fully saturated rings. The standard InChI is InChI=1S/C28H34F3N5O2.ClH/c29-28(30,31)23-4-2-1-3-21(23)19-7-14-35(16-19)25(37)22-15-33-36(24(22)18-5-6-18)20-8-12-34(13-9-20)17-27(10-11-27)26(32)38;/h1-4,15,18-20H,5-14,16-17H2,(H2,32,38);1H/t19-;/m1./s1. The van der Waals surface area contributed by atoms with Crippen molar-refractivity contribution < 1.29 is 22.8 Å². The molecule has 2 aliphatic heterocycles. The Kier molecular flexibility index (Phi) is 7.47. The summed E-state index contributed by atoms with van der Waals surface area (Å²) in [5.74, 6) is -0.351. The first-order chi connectivity index (χ1) is 18.2. The lowest BCUT2D eigenvalue weighted by molar-refractivity contribution is -0.138. The highest BCUT2D eigenvalue weighted by Crippen LogP contribution is 2.47. The van der Waals surface area contributed by atoms with Crippen molar-refractivity contribution in [1.82, 2.24) is 19.6 Å². The van der Waals surface area contributed by atoms with Gasteiger partial charge < -0.3 is 15.5 Å². The van der Waals surface area contributed by atoms with Gasteiger partial charge in [0.25, 0.3) is 5.91 Å². The van der Waals surface area contributed by atoms with Crippen LogP contribution in [0.4, 0.5) is 13.2 Å².